The standard InChI is InChI=1S/C26H16F3N3O/c27-26(28,29)22-14-13-18-17-9-6-10-19(23(17)33-25(18)31-22)24-30-20-11-4-5-12-21(20)32(24)15-16-7-2-1-3-8-16/h1-14H,15H2. The predicted molar refractivity (Wildman–Crippen MR) is 121 cm³/mol. The first-order valence-corrected chi connectivity index (χ1v) is 10.4. The van der Waals surface area contributed by atoms with Crippen LogP contribution in [-0.4, -0.2) is 14.5 Å². The van der Waals surface area contributed by atoms with Crippen LogP contribution in [0.1, 0.15) is 11.3 Å². The molecule has 0 saturated heterocycles. The van der Waals surface area contributed by atoms with Crippen molar-refractivity contribution >= 4 is 33.1 Å². The Labute approximate surface area is 185 Å². The van der Waals surface area contributed by atoms with E-state index in [9.17, 15) is 13.2 Å². The molecule has 0 aliphatic rings. The van der Waals surface area contributed by atoms with Crippen molar-refractivity contribution < 1.29 is 17.6 Å². The van der Waals surface area contributed by atoms with Crippen molar-refractivity contribution in [3.05, 3.63) is 96.2 Å². The van der Waals surface area contributed by atoms with Crippen LogP contribution >= 0.6 is 0 Å². The molecule has 0 fully saturated rings. The van der Waals surface area contributed by atoms with Crippen molar-refractivity contribution in [3.8, 4) is 11.4 Å². The number of hydrogen-bond acceptors (Lipinski definition) is 3. The first-order chi connectivity index (χ1) is 16.0. The average Bonchev–Trinajstić information content (AvgIpc) is 3.37. The quantitative estimate of drug-likeness (QED) is 0.294. The topological polar surface area (TPSA) is 43.9 Å². The fraction of sp³-hybridized carbons (Fsp3) is 0.0769. The second-order valence-corrected chi connectivity index (χ2v) is 7.83. The molecule has 3 aromatic heterocycles. The van der Waals surface area contributed by atoms with Gasteiger partial charge in [0.25, 0.3) is 0 Å². The summed E-state index contributed by atoms with van der Waals surface area (Å²) < 4.78 is 47.5. The van der Waals surface area contributed by atoms with E-state index in [1.54, 1.807) is 0 Å². The Bertz CT molecular complexity index is 1630. The summed E-state index contributed by atoms with van der Waals surface area (Å²) in [4.78, 5) is 8.59. The smallest absolute Gasteiger partial charge is 0.433 e. The molecule has 7 heteroatoms. The molecule has 162 valence electrons. The summed E-state index contributed by atoms with van der Waals surface area (Å²) in [5.41, 5.74) is 3.03. The molecule has 3 heterocycles. The van der Waals surface area contributed by atoms with E-state index in [0.29, 0.717) is 34.3 Å². The van der Waals surface area contributed by atoms with Gasteiger partial charge in [-0.2, -0.15) is 13.2 Å². The van der Waals surface area contributed by atoms with Crippen LogP contribution in [0.25, 0.3) is 44.5 Å². The molecule has 3 aromatic carbocycles. The van der Waals surface area contributed by atoms with Gasteiger partial charge in [0, 0.05) is 17.3 Å². The highest BCUT2D eigenvalue weighted by Gasteiger charge is 2.33. The van der Waals surface area contributed by atoms with Crippen LogP contribution in [0.15, 0.2) is 89.3 Å². The molecule has 6 aromatic rings. The predicted octanol–water partition coefficient (Wildman–Crippen LogP) is 7.06. The number of aromatic nitrogens is 3. The summed E-state index contributed by atoms with van der Waals surface area (Å²) in [6.45, 7) is 0.587. The number of nitrogens with zero attached hydrogens (tertiary/aromatic N) is 3. The number of fused-ring (bicyclic) bond motifs is 4. The molecular formula is C26H16F3N3O. The number of imidazole rings is 1. The van der Waals surface area contributed by atoms with E-state index < -0.39 is 11.9 Å². The van der Waals surface area contributed by atoms with Crippen molar-refractivity contribution in [1.82, 2.24) is 14.5 Å². The van der Waals surface area contributed by atoms with E-state index >= 15 is 0 Å². The number of alkyl halides is 3. The lowest BCUT2D eigenvalue weighted by atomic mass is 10.1. The van der Waals surface area contributed by atoms with Gasteiger partial charge in [0.2, 0.25) is 5.71 Å². The van der Waals surface area contributed by atoms with Gasteiger partial charge in [0.15, 0.2) is 0 Å². The van der Waals surface area contributed by atoms with Crippen LogP contribution in [0, 0.1) is 0 Å². The number of benzene rings is 3. The van der Waals surface area contributed by atoms with Crippen molar-refractivity contribution in [1.29, 1.82) is 0 Å². The van der Waals surface area contributed by atoms with Crippen molar-refractivity contribution in [2.45, 2.75) is 12.7 Å². The molecule has 0 aliphatic heterocycles. The molecule has 0 saturated carbocycles. The number of pyridine rings is 1. The van der Waals surface area contributed by atoms with Gasteiger partial charge in [-0.15, -0.1) is 0 Å². The molecule has 0 bridgehead atoms. The third kappa shape index (κ3) is 3.24. The molecule has 6 rings (SSSR count). The Morgan fingerprint density at radius 1 is 0.758 bits per heavy atom. The van der Waals surface area contributed by atoms with Crippen LogP contribution < -0.4 is 0 Å². The van der Waals surface area contributed by atoms with E-state index in [2.05, 4.69) is 9.55 Å². The number of rotatable bonds is 3. The highest BCUT2D eigenvalue weighted by atomic mass is 19.4. The minimum atomic E-state index is -4.54. The Hall–Kier alpha value is -4.13. The lowest BCUT2D eigenvalue weighted by Gasteiger charge is -2.10. The zero-order chi connectivity index (χ0) is 22.6. The fourth-order valence-electron chi connectivity index (χ4n) is 4.22. The third-order valence-electron chi connectivity index (χ3n) is 5.73. The summed E-state index contributed by atoms with van der Waals surface area (Å²) in [6, 6.07) is 25.8. The zero-order valence-corrected chi connectivity index (χ0v) is 17.2. The molecule has 0 unspecified atom stereocenters. The molecule has 0 spiro atoms. The van der Waals surface area contributed by atoms with Gasteiger partial charge in [-0.05, 0) is 35.9 Å². The van der Waals surface area contributed by atoms with E-state index in [1.165, 1.54) is 6.07 Å². The van der Waals surface area contributed by atoms with Gasteiger partial charge in [0.05, 0.1) is 16.6 Å². The van der Waals surface area contributed by atoms with E-state index in [1.807, 2.05) is 72.8 Å². The van der Waals surface area contributed by atoms with Crippen molar-refractivity contribution in [2.75, 3.05) is 0 Å². The molecule has 0 amide bonds. The highest BCUT2D eigenvalue weighted by Crippen LogP contribution is 2.38. The Balaban J connectivity index is 1.60. The number of para-hydroxylation sites is 3. The first-order valence-electron chi connectivity index (χ1n) is 10.4. The fourth-order valence-corrected chi connectivity index (χ4v) is 4.22. The van der Waals surface area contributed by atoms with E-state index in [0.717, 1.165) is 22.7 Å². The van der Waals surface area contributed by atoms with E-state index in [4.69, 9.17) is 9.40 Å². The zero-order valence-electron chi connectivity index (χ0n) is 17.2. The highest BCUT2D eigenvalue weighted by molar-refractivity contribution is 6.08. The van der Waals surface area contributed by atoms with Crippen molar-refractivity contribution in [2.24, 2.45) is 0 Å². The molecule has 33 heavy (non-hydrogen) atoms. The second-order valence-electron chi connectivity index (χ2n) is 7.83. The minimum absolute atomic E-state index is 0.0435. The molecule has 4 nitrogen and oxygen atoms in total. The van der Waals surface area contributed by atoms with E-state index in [-0.39, 0.29) is 5.71 Å². The summed E-state index contributed by atoms with van der Waals surface area (Å²) >= 11 is 0. The van der Waals surface area contributed by atoms with Gasteiger partial charge in [-0.25, -0.2) is 9.97 Å². The Morgan fingerprint density at radius 2 is 1.55 bits per heavy atom. The largest absolute Gasteiger partial charge is 0.437 e. The van der Waals surface area contributed by atoms with Crippen LogP contribution in [0.3, 0.4) is 0 Å². The van der Waals surface area contributed by atoms with Crippen molar-refractivity contribution in [3.63, 3.8) is 0 Å². The maximum Gasteiger partial charge on any atom is 0.433 e. The van der Waals surface area contributed by atoms with Crippen LogP contribution in [0.4, 0.5) is 13.2 Å². The summed E-state index contributed by atoms with van der Waals surface area (Å²) in [5.74, 6) is 0.681. The van der Waals surface area contributed by atoms with Gasteiger partial charge in [0.1, 0.15) is 17.1 Å². The van der Waals surface area contributed by atoms with Gasteiger partial charge in [-0.1, -0.05) is 54.6 Å². The minimum Gasteiger partial charge on any atom is -0.437 e. The van der Waals surface area contributed by atoms with Crippen LogP contribution in [0.2, 0.25) is 0 Å². The maximum atomic E-state index is 13.2. The summed E-state index contributed by atoms with van der Waals surface area (Å²) in [5, 5.41) is 1.23. The average molecular weight is 443 g/mol. The normalized spacial score (nSPS) is 12.2. The first kappa shape index (κ1) is 19.5. The number of hydrogen-bond donors (Lipinski definition) is 0. The van der Waals surface area contributed by atoms with Gasteiger partial charge < -0.3 is 8.98 Å². The molecule has 0 atom stereocenters. The molecule has 0 radical (unpaired) electrons. The summed E-state index contributed by atoms with van der Waals surface area (Å²) in [6.07, 6.45) is -4.54. The SMILES string of the molecule is FC(F)(F)c1ccc2c(n1)oc1c(-c3nc4ccccc4n3Cc3ccccc3)cccc12. The van der Waals surface area contributed by atoms with Gasteiger partial charge >= 0.3 is 6.18 Å². The van der Waals surface area contributed by atoms with Crippen LogP contribution in [0.5, 0.6) is 0 Å². The lowest BCUT2D eigenvalue weighted by molar-refractivity contribution is -0.141. The third-order valence-corrected chi connectivity index (χ3v) is 5.73. The second kappa shape index (κ2) is 7.20. The number of halogens is 3. The lowest BCUT2D eigenvalue weighted by Crippen LogP contribution is -2.07. The molecule has 0 aliphatic carbocycles. The van der Waals surface area contributed by atoms with Crippen LogP contribution in [-0.2, 0) is 12.7 Å². The number of furan rings is 1. The monoisotopic (exact) mass is 443 g/mol. The Morgan fingerprint density at radius 3 is 2.36 bits per heavy atom. The molecule has 0 N–H and O–H groups in total. The molecular weight excluding hydrogens is 427 g/mol. The summed E-state index contributed by atoms with van der Waals surface area (Å²) in [7, 11) is 0. The maximum absolute atomic E-state index is 13.2. The Kier molecular flexibility index (Phi) is 4.26. The van der Waals surface area contributed by atoms with Gasteiger partial charge in [-0.3, -0.25) is 0 Å².